The topological polar surface area (TPSA) is 122 Å². The van der Waals surface area contributed by atoms with E-state index in [1.54, 1.807) is 30.3 Å². The van der Waals surface area contributed by atoms with Gasteiger partial charge < -0.3 is 19.7 Å². The average Bonchev–Trinajstić information content (AvgIpc) is 3.29. The molecule has 0 aliphatic carbocycles. The summed E-state index contributed by atoms with van der Waals surface area (Å²) in [6.07, 6.45) is -0.0693. The van der Waals surface area contributed by atoms with E-state index in [0.717, 1.165) is 10.4 Å². The van der Waals surface area contributed by atoms with Crippen molar-refractivity contribution < 1.29 is 32.3 Å². The van der Waals surface area contributed by atoms with Gasteiger partial charge in [0, 0.05) is 24.0 Å². The highest BCUT2D eigenvalue weighted by atomic mass is 32.2. The number of amides is 2. The Labute approximate surface area is 218 Å². The molecule has 2 amide bonds. The number of esters is 1. The molecular formula is C25H25N3O7S2. The lowest BCUT2D eigenvalue weighted by Gasteiger charge is -2.25. The molecule has 0 atom stereocenters. The quantitative estimate of drug-likeness (QED) is 0.470. The Kier molecular flexibility index (Phi) is 7.50. The monoisotopic (exact) mass is 543 g/mol. The molecule has 0 radical (unpaired) electrons. The molecule has 0 spiro atoms. The fourth-order valence-corrected chi connectivity index (χ4v) is 6.42. The number of hydrogen-bond donors (Lipinski definition) is 1. The molecular weight excluding hydrogens is 518 g/mol. The summed E-state index contributed by atoms with van der Waals surface area (Å²) in [5.74, 6) is -1.11. The number of carbonyl (C=O) groups excluding carboxylic acids is 3. The molecule has 10 nitrogen and oxygen atoms in total. The standard InChI is InChI=1S/C25H25N3O7S2/c1-27(17-7-5-4-6-8-17)37(32,33)18-11-9-16(10-12-18)22(29)26-23-21(24(30)34-2)19-13-14-28(25(31)35-3)15-20(19)36-23/h4-12H,13-15H2,1-3H3,(H,26,29). The summed E-state index contributed by atoms with van der Waals surface area (Å²) in [6.45, 7) is 0.606. The first-order valence-corrected chi connectivity index (χ1v) is 13.4. The van der Waals surface area contributed by atoms with Crippen LogP contribution in [-0.4, -0.2) is 59.1 Å². The van der Waals surface area contributed by atoms with E-state index in [1.165, 1.54) is 66.1 Å². The number of nitrogens with one attached hydrogen (secondary N) is 1. The molecule has 1 N–H and O–H groups in total. The Morgan fingerprint density at radius 1 is 1.00 bits per heavy atom. The molecule has 37 heavy (non-hydrogen) atoms. The lowest BCUT2D eigenvalue weighted by atomic mass is 10.0. The molecule has 4 rings (SSSR count). The zero-order chi connectivity index (χ0) is 26.7. The lowest BCUT2D eigenvalue weighted by Crippen LogP contribution is -2.35. The molecule has 0 fully saturated rings. The molecule has 0 saturated carbocycles. The normalized spacial score (nSPS) is 12.9. The largest absolute Gasteiger partial charge is 0.465 e. The molecule has 12 heteroatoms. The predicted octanol–water partition coefficient (Wildman–Crippen LogP) is 3.74. The molecule has 0 unspecified atom stereocenters. The number of benzene rings is 2. The molecule has 3 aromatic rings. The van der Waals surface area contributed by atoms with Crippen molar-refractivity contribution in [3.63, 3.8) is 0 Å². The number of anilines is 2. The lowest BCUT2D eigenvalue weighted by molar-refractivity contribution is 0.0600. The molecule has 1 aliphatic heterocycles. The van der Waals surface area contributed by atoms with Crippen molar-refractivity contribution in [3.05, 3.63) is 76.2 Å². The molecule has 0 bridgehead atoms. The van der Waals surface area contributed by atoms with E-state index in [9.17, 15) is 22.8 Å². The van der Waals surface area contributed by atoms with Gasteiger partial charge >= 0.3 is 12.1 Å². The third-order valence-electron chi connectivity index (χ3n) is 6.00. The first-order valence-electron chi connectivity index (χ1n) is 11.2. The van der Waals surface area contributed by atoms with Gasteiger partial charge in [0.2, 0.25) is 0 Å². The Morgan fingerprint density at radius 3 is 2.30 bits per heavy atom. The number of rotatable bonds is 6. The molecule has 1 aliphatic rings. The Balaban J connectivity index is 1.56. The van der Waals surface area contributed by atoms with E-state index in [1.807, 2.05) is 0 Å². The zero-order valence-electron chi connectivity index (χ0n) is 20.4. The summed E-state index contributed by atoms with van der Waals surface area (Å²) in [6, 6.07) is 14.2. The van der Waals surface area contributed by atoms with Crippen LogP contribution in [0.25, 0.3) is 0 Å². The van der Waals surface area contributed by atoms with Gasteiger partial charge in [0.05, 0.1) is 36.9 Å². The minimum absolute atomic E-state index is 0.0279. The van der Waals surface area contributed by atoms with Crippen LogP contribution in [0.5, 0.6) is 0 Å². The second kappa shape index (κ2) is 10.6. The number of sulfonamides is 1. The van der Waals surface area contributed by atoms with E-state index < -0.39 is 28.0 Å². The van der Waals surface area contributed by atoms with Gasteiger partial charge in [-0.05, 0) is 48.4 Å². The number of nitrogens with zero attached hydrogens (tertiary/aromatic N) is 2. The number of fused-ring (bicyclic) bond motifs is 1. The average molecular weight is 544 g/mol. The third-order valence-corrected chi connectivity index (χ3v) is 8.93. The zero-order valence-corrected chi connectivity index (χ0v) is 22.0. The van der Waals surface area contributed by atoms with Crippen LogP contribution in [0.3, 0.4) is 0 Å². The third kappa shape index (κ3) is 5.16. The van der Waals surface area contributed by atoms with Gasteiger partial charge in [0.1, 0.15) is 5.00 Å². The van der Waals surface area contributed by atoms with E-state index in [-0.39, 0.29) is 22.6 Å². The van der Waals surface area contributed by atoms with Crippen LogP contribution in [-0.2, 0) is 32.5 Å². The molecule has 194 valence electrons. The van der Waals surface area contributed by atoms with Crippen molar-refractivity contribution in [3.8, 4) is 0 Å². The number of ether oxygens (including phenoxy) is 2. The van der Waals surface area contributed by atoms with Gasteiger partial charge in [-0.15, -0.1) is 11.3 Å². The first kappa shape index (κ1) is 26.2. The van der Waals surface area contributed by atoms with Gasteiger partial charge in [0.25, 0.3) is 15.9 Å². The number of hydrogen-bond acceptors (Lipinski definition) is 8. The van der Waals surface area contributed by atoms with Gasteiger partial charge in [-0.25, -0.2) is 18.0 Å². The highest BCUT2D eigenvalue weighted by Gasteiger charge is 2.31. The molecule has 2 heterocycles. The van der Waals surface area contributed by atoms with Gasteiger partial charge in [-0.1, -0.05) is 18.2 Å². The minimum Gasteiger partial charge on any atom is -0.465 e. The fourth-order valence-electron chi connectivity index (χ4n) is 3.98. The van der Waals surface area contributed by atoms with Crippen molar-refractivity contribution in [1.29, 1.82) is 0 Å². The van der Waals surface area contributed by atoms with Crippen LogP contribution in [0.2, 0.25) is 0 Å². The van der Waals surface area contributed by atoms with Gasteiger partial charge in [-0.2, -0.15) is 0 Å². The second-order valence-corrected chi connectivity index (χ2v) is 11.2. The van der Waals surface area contributed by atoms with Crippen LogP contribution in [0.15, 0.2) is 59.5 Å². The van der Waals surface area contributed by atoms with E-state index in [0.29, 0.717) is 23.7 Å². The maximum atomic E-state index is 13.0. The fraction of sp³-hybridized carbons (Fsp3) is 0.240. The van der Waals surface area contributed by atoms with Crippen molar-refractivity contribution >= 4 is 50.0 Å². The van der Waals surface area contributed by atoms with Crippen molar-refractivity contribution in [2.24, 2.45) is 0 Å². The van der Waals surface area contributed by atoms with E-state index in [2.05, 4.69) is 5.32 Å². The summed E-state index contributed by atoms with van der Waals surface area (Å²) in [4.78, 5) is 39.8. The molecule has 0 saturated heterocycles. The van der Waals surface area contributed by atoms with Crippen molar-refractivity contribution in [2.45, 2.75) is 17.9 Å². The number of methoxy groups -OCH3 is 2. The number of para-hydroxylation sites is 1. The second-order valence-electron chi connectivity index (χ2n) is 8.13. The summed E-state index contributed by atoms with van der Waals surface area (Å²) in [5.41, 5.74) is 1.69. The minimum atomic E-state index is -3.83. The molecule has 2 aromatic carbocycles. The van der Waals surface area contributed by atoms with Crippen LogP contribution < -0.4 is 9.62 Å². The predicted molar refractivity (Wildman–Crippen MR) is 139 cm³/mol. The maximum Gasteiger partial charge on any atom is 0.409 e. The SMILES string of the molecule is COC(=O)c1c(NC(=O)c2ccc(S(=O)(=O)N(C)c3ccccc3)cc2)sc2c1CCN(C(=O)OC)C2. The smallest absolute Gasteiger partial charge is 0.409 e. The Hall–Kier alpha value is -3.90. The number of thiophene rings is 1. The van der Waals surface area contributed by atoms with Gasteiger partial charge in [0.15, 0.2) is 0 Å². The summed E-state index contributed by atoms with van der Waals surface area (Å²) >= 11 is 1.18. The highest BCUT2D eigenvalue weighted by Crippen LogP contribution is 2.38. The number of carbonyl (C=O) groups is 3. The summed E-state index contributed by atoms with van der Waals surface area (Å²) < 4.78 is 36.9. The van der Waals surface area contributed by atoms with Crippen LogP contribution in [0.4, 0.5) is 15.5 Å². The van der Waals surface area contributed by atoms with Gasteiger partial charge in [-0.3, -0.25) is 9.10 Å². The highest BCUT2D eigenvalue weighted by molar-refractivity contribution is 7.92. The maximum absolute atomic E-state index is 13.0. The van der Waals surface area contributed by atoms with Crippen LogP contribution in [0, 0.1) is 0 Å². The van der Waals surface area contributed by atoms with Crippen molar-refractivity contribution in [2.75, 3.05) is 37.4 Å². The first-order chi connectivity index (χ1) is 17.7. The van der Waals surface area contributed by atoms with Crippen LogP contribution in [0.1, 0.15) is 31.2 Å². The van der Waals surface area contributed by atoms with Crippen LogP contribution >= 0.6 is 11.3 Å². The van der Waals surface area contributed by atoms with E-state index in [4.69, 9.17) is 9.47 Å². The summed E-state index contributed by atoms with van der Waals surface area (Å²) in [5, 5.41) is 3.05. The Morgan fingerprint density at radius 2 is 1.68 bits per heavy atom. The van der Waals surface area contributed by atoms with E-state index >= 15 is 0 Å². The summed E-state index contributed by atoms with van der Waals surface area (Å²) in [7, 11) is 0.183. The Bertz CT molecular complexity index is 1430. The van der Waals surface area contributed by atoms with Crippen molar-refractivity contribution in [1.82, 2.24) is 4.90 Å². The molecule has 1 aromatic heterocycles.